The number of nitrogens with zero attached hydrogens (tertiary/aromatic N) is 1. The number of Topliss-reactive ketones (excluding diaryl/α,β-unsaturated/α-hetero) is 1. The molecule has 0 heterocycles. The summed E-state index contributed by atoms with van der Waals surface area (Å²) in [6.07, 6.45) is 0.435. The summed E-state index contributed by atoms with van der Waals surface area (Å²) in [5.74, 6) is 0.154. The molecule has 0 aromatic heterocycles. The van der Waals surface area contributed by atoms with E-state index < -0.39 is 0 Å². The number of para-hydroxylation sites is 1. The Morgan fingerprint density at radius 1 is 1.10 bits per heavy atom. The monoisotopic (exact) mass is 330 g/mol. The van der Waals surface area contributed by atoms with Crippen LogP contribution in [0.4, 0.5) is 5.69 Å². The second-order valence-electron chi connectivity index (χ2n) is 4.74. The molecule has 2 rings (SSSR count). The Kier molecular flexibility index (Phi) is 4.89. The van der Waals surface area contributed by atoms with Gasteiger partial charge in [0.25, 0.3) is 0 Å². The van der Waals surface area contributed by atoms with Crippen molar-refractivity contribution in [3.63, 3.8) is 0 Å². The van der Waals surface area contributed by atoms with E-state index in [4.69, 9.17) is 0 Å². The van der Waals surface area contributed by atoms with Gasteiger partial charge in [0.15, 0.2) is 0 Å². The average Bonchev–Trinajstić information content (AvgIpc) is 2.41. The molecule has 1 radical (unpaired) electrons. The van der Waals surface area contributed by atoms with E-state index >= 15 is 0 Å². The molecule has 0 aliphatic carbocycles. The minimum absolute atomic E-state index is 0.154. The Morgan fingerprint density at radius 3 is 2.45 bits per heavy atom. The van der Waals surface area contributed by atoms with Gasteiger partial charge in [-0.15, -0.1) is 0 Å². The minimum atomic E-state index is 0.154. The Morgan fingerprint density at radius 2 is 1.75 bits per heavy atom. The van der Waals surface area contributed by atoms with E-state index in [1.165, 1.54) is 0 Å². The standard InChI is InChI=1S/C17H16NOSe/c1-12-7-3-6-10-16(12)18-17(20)15-9-5-4-8-14(15)11-13(2)19/h3-10H,11H2,1-2H3. The second-order valence-corrected chi connectivity index (χ2v) is 5.55. The molecular formula is C17H16NOSe. The summed E-state index contributed by atoms with van der Waals surface area (Å²) in [5.41, 5.74) is 4.07. The Labute approximate surface area is 127 Å². The molecule has 0 saturated heterocycles. The summed E-state index contributed by atoms with van der Waals surface area (Å²) in [6, 6.07) is 15.9. The number of aryl methyl sites for hydroxylation is 1. The topological polar surface area (TPSA) is 29.4 Å². The van der Waals surface area contributed by atoms with Gasteiger partial charge in [0.2, 0.25) is 0 Å². The third-order valence-corrected chi connectivity index (χ3v) is 3.68. The number of rotatable bonds is 4. The molecule has 0 bridgehead atoms. The van der Waals surface area contributed by atoms with Crippen LogP contribution in [0.5, 0.6) is 0 Å². The van der Waals surface area contributed by atoms with E-state index in [0.29, 0.717) is 6.42 Å². The van der Waals surface area contributed by atoms with Crippen LogP contribution in [0.3, 0.4) is 0 Å². The zero-order valence-electron chi connectivity index (χ0n) is 11.6. The zero-order valence-corrected chi connectivity index (χ0v) is 13.3. The van der Waals surface area contributed by atoms with Crippen LogP contribution in [-0.4, -0.2) is 26.4 Å². The zero-order chi connectivity index (χ0) is 14.5. The molecule has 2 aromatic rings. The van der Waals surface area contributed by atoms with Gasteiger partial charge >= 0.3 is 127 Å². The summed E-state index contributed by atoms with van der Waals surface area (Å²) in [7, 11) is 0. The van der Waals surface area contributed by atoms with E-state index in [9.17, 15) is 4.79 Å². The maximum absolute atomic E-state index is 11.4. The summed E-state index contributed by atoms with van der Waals surface area (Å²) in [4.78, 5) is 16.0. The first-order valence-corrected chi connectivity index (χ1v) is 7.32. The second kappa shape index (κ2) is 6.64. The van der Waals surface area contributed by atoms with Crippen LogP contribution < -0.4 is 0 Å². The fraction of sp³-hybridized carbons (Fsp3) is 0.176. The van der Waals surface area contributed by atoms with E-state index in [2.05, 4.69) is 21.0 Å². The van der Waals surface area contributed by atoms with Crippen LogP contribution in [0.1, 0.15) is 23.6 Å². The molecule has 0 atom stereocenters. The van der Waals surface area contributed by atoms with Crippen molar-refractivity contribution >= 4 is 32.1 Å². The van der Waals surface area contributed by atoms with Gasteiger partial charge < -0.3 is 0 Å². The molecule has 2 nitrogen and oxygen atoms in total. The Balaban J connectivity index is 2.41. The van der Waals surface area contributed by atoms with Gasteiger partial charge in [-0.1, -0.05) is 0 Å². The molecule has 0 spiro atoms. The molecule has 3 heteroatoms. The van der Waals surface area contributed by atoms with Crippen molar-refractivity contribution in [3.8, 4) is 0 Å². The molecule has 0 fully saturated rings. The van der Waals surface area contributed by atoms with Crippen molar-refractivity contribution in [2.45, 2.75) is 20.3 Å². The molecule has 20 heavy (non-hydrogen) atoms. The number of carbonyl (C=O) groups excluding carboxylic acids is 1. The molecule has 0 unspecified atom stereocenters. The first-order valence-electron chi connectivity index (χ1n) is 6.47. The van der Waals surface area contributed by atoms with Crippen LogP contribution in [0, 0.1) is 6.92 Å². The Hall–Kier alpha value is -1.70. The van der Waals surface area contributed by atoms with Crippen LogP contribution >= 0.6 is 0 Å². The Bertz CT molecular complexity index is 662. The average molecular weight is 329 g/mol. The summed E-state index contributed by atoms with van der Waals surface area (Å²) >= 11 is 3.02. The van der Waals surface area contributed by atoms with Crippen LogP contribution in [0.2, 0.25) is 0 Å². The fourth-order valence-corrected chi connectivity index (χ4v) is 2.63. The predicted molar refractivity (Wildman–Crippen MR) is 84.0 cm³/mol. The first kappa shape index (κ1) is 14.7. The number of hydrogen-bond donors (Lipinski definition) is 0. The SMILES string of the molecule is CC(=O)Cc1ccccc1C([Se])=Nc1ccccc1C. The number of hydrogen-bond acceptors (Lipinski definition) is 2. The molecule has 0 N–H and O–H groups in total. The van der Waals surface area contributed by atoms with Gasteiger partial charge in [-0.3, -0.25) is 0 Å². The van der Waals surface area contributed by atoms with Gasteiger partial charge in [-0.05, 0) is 0 Å². The molecular weight excluding hydrogens is 313 g/mol. The van der Waals surface area contributed by atoms with Crippen LogP contribution in [-0.2, 0) is 11.2 Å². The van der Waals surface area contributed by atoms with Crippen molar-refractivity contribution in [2.24, 2.45) is 4.99 Å². The summed E-state index contributed by atoms with van der Waals surface area (Å²) in [5, 5.41) is 0. The molecule has 0 aliphatic rings. The molecule has 101 valence electrons. The van der Waals surface area contributed by atoms with Crippen molar-refractivity contribution < 1.29 is 4.79 Å². The molecule has 2 aromatic carbocycles. The third-order valence-electron chi connectivity index (χ3n) is 3.02. The quantitative estimate of drug-likeness (QED) is 0.625. The van der Waals surface area contributed by atoms with Gasteiger partial charge in [0.1, 0.15) is 0 Å². The van der Waals surface area contributed by atoms with Crippen molar-refractivity contribution in [1.29, 1.82) is 0 Å². The van der Waals surface area contributed by atoms with Crippen molar-refractivity contribution in [1.82, 2.24) is 0 Å². The van der Waals surface area contributed by atoms with Gasteiger partial charge in [-0.2, -0.15) is 0 Å². The molecule has 0 amide bonds. The first-order chi connectivity index (χ1) is 9.58. The summed E-state index contributed by atoms with van der Waals surface area (Å²) in [6.45, 7) is 3.64. The van der Waals surface area contributed by atoms with Crippen LogP contribution in [0.15, 0.2) is 53.5 Å². The maximum atomic E-state index is 11.4. The van der Waals surface area contributed by atoms with Gasteiger partial charge in [0.05, 0.1) is 0 Å². The van der Waals surface area contributed by atoms with Crippen molar-refractivity contribution in [3.05, 3.63) is 65.2 Å². The molecule has 0 aliphatic heterocycles. The number of carbonyl (C=O) groups is 1. The predicted octanol–water partition coefficient (Wildman–Crippen LogP) is 3.37. The van der Waals surface area contributed by atoms with Gasteiger partial charge in [-0.25, -0.2) is 0 Å². The van der Waals surface area contributed by atoms with E-state index in [1.54, 1.807) is 6.92 Å². The number of benzene rings is 2. The fourth-order valence-electron chi connectivity index (χ4n) is 2.01. The van der Waals surface area contributed by atoms with E-state index in [0.717, 1.165) is 27.0 Å². The number of aliphatic imine (C=N–C) groups is 1. The van der Waals surface area contributed by atoms with E-state index in [-0.39, 0.29) is 5.78 Å². The van der Waals surface area contributed by atoms with E-state index in [1.807, 2.05) is 55.5 Å². The third kappa shape index (κ3) is 3.66. The normalized spacial score (nSPS) is 11.4. The number of ketones is 1. The van der Waals surface area contributed by atoms with Crippen LogP contribution in [0.25, 0.3) is 0 Å². The molecule has 0 saturated carbocycles. The van der Waals surface area contributed by atoms with Crippen molar-refractivity contribution in [2.75, 3.05) is 0 Å². The van der Waals surface area contributed by atoms with Gasteiger partial charge in [0, 0.05) is 0 Å². The summed E-state index contributed by atoms with van der Waals surface area (Å²) < 4.78 is 0.816.